The maximum Gasteiger partial charge on any atom is 0.335 e. The molecule has 2 heteroatoms. The number of benzene rings is 2. The van der Waals surface area contributed by atoms with Gasteiger partial charge in [0.15, 0.2) is 0 Å². The maximum absolute atomic E-state index is 11.1. The van der Waals surface area contributed by atoms with Crippen LogP contribution >= 0.6 is 0 Å². The molecule has 2 nitrogen and oxygen atoms in total. The molecule has 0 atom stereocenters. The topological polar surface area (TPSA) is 26.3 Å². The minimum absolute atomic E-state index is 0.451. The van der Waals surface area contributed by atoms with E-state index in [2.05, 4.69) is 37.8 Å². The zero-order chi connectivity index (χ0) is 14.4. The molecule has 2 aromatic rings. The zero-order valence-corrected chi connectivity index (χ0v) is 11.4. The summed E-state index contributed by atoms with van der Waals surface area (Å²) in [5, 5.41) is 0. The van der Waals surface area contributed by atoms with Crippen LogP contribution < -0.4 is 4.74 Å². The molecule has 100 valence electrons. The van der Waals surface area contributed by atoms with Crippen molar-refractivity contribution in [1.82, 2.24) is 0 Å². The largest absolute Gasteiger partial charge is 0.423 e. The van der Waals surface area contributed by atoms with Crippen LogP contribution in [0.5, 0.6) is 5.75 Å². The molecule has 0 saturated heterocycles. The van der Waals surface area contributed by atoms with Crippen LogP contribution in [-0.2, 0) is 4.79 Å². The van der Waals surface area contributed by atoms with Gasteiger partial charge in [0.25, 0.3) is 0 Å². The lowest BCUT2D eigenvalue weighted by atomic mass is 10.1. The first-order valence-corrected chi connectivity index (χ1v) is 6.36. The molecule has 20 heavy (non-hydrogen) atoms. The number of carbonyl (C=O) groups excluding carboxylic acids is 1. The van der Waals surface area contributed by atoms with Gasteiger partial charge in [-0.05, 0) is 30.2 Å². The van der Waals surface area contributed by atoms with E-state index in [1.54, 1.807) is 12.1 Å². The van der Waals surface area contributed by atoms with E-state index in [0.29, 0.717) is 5.75 Å². The van der Waals surface area contributed by atoms with E-state index in [1.807, 2.05) is 24.3 Å². The van der Waals surface area contributed by atoms with E-state index < -0.39 is 5.97 Å². The van der Waals surface area contributed by atoms with Crippen LogP contribution in [0, 0.1) is 6.92 Å². The fourth-order valence-corrected chi connectivity index (χ4v) is 1.67. The van der Waals surface area contributed by atoms with Crippen molar-refractivity contribution >= 4 is 18.1 Å². The van der Waals surface area contributed by atoms with Crippen LogP contribution in [-0.4, -0.2) is 5.97 Å². The first kappa shape index (κ1) is 13.8. The Morgan fingerprint density at radius 3 is 1.95 bits per heavy atom. The van der Waals surface area contributed by atoms with E-state index in [-0.39, 0.29) is 0 Å². The molecule has 0 radical (unpaired) electrons. The number of rotatable bonds is 4. The Morgan fingerprint density at radius 2 is 1.45 bits per heavy atom. The summed E-state index contributed by atoms with van der Waals surface area (Å²) in [5.74, 6) is 0.0651. The van der Waals surface area contributed by atoms with Crippen molar-refractivity contribution in [3.8, 4) is 5.75 Å². The fraction of sp³-hybridized carbons (Fsp3) is 0.0556. The van der Waals surface area contributed by atoms with Crippen molar-refractivity contribution < 1.29 is 9.53 Å². The second-order valence-corrected chi connectivity index (χ2v) is 4.44. The normalized spacial score (nSPS) is 10.4. The molecule has 2 rings (SSSR count). The monoisotopic (exact) mass is 264 g/mol. The van der Waals surface area contributed by atoms with E-state index in [0.717, 1.165) is 17.2 Å². The van der Waals surface area contributed by atoms with E-state index in [4.69, 9.17) is 4.74 Å². The maximum atomic E-state index is 11.1. The van der Waals surface area contributed by atoms with Crippen LogP contribution in [0.2, 0.25) is 0 Å². The van der Waals surface area contributed by atoms with Crippen molar-refractivity contribution in [3.05, 3.63) is 77.9 Å². The molecular weight excluding hydrogens is 248 g/mol. The minimum atomic E-state index is -0.451. The van der Waals surface area contributed by atoms with Gasteiger partial charge in [0.05, 0.1) is 0 Å². The highest BCUT2D eigenvalue weighted by Gasteiger charge is 1.98. The molecule has 0 aliphatic carbocycles. The third-order valence-electron chi connectivity index (χ3n) is 2.81. The summed E-state index contributed by atoms with van der Waals surface area (Å²) in [7, 11) is 0. The number of carbonyl (C=O) groups is 1. The molecule has 2 aromatic carbocycles. The fourth-order valence-electron chi connectivity index (χ4n) is 1.67. The van der Waals surface area contributed by atoms with E-state index in [1.165, 1.54) is 5.56 Å². The number of hydrogen-bond donors (Lipinski definition) is 0. The first-order chi connectivity index (χ1) is 9.67. The number of esters is 1. The SMILES string of the molecule is C=CC(=O)Oc1ccc(C=Cc2ccc(C)cc2)cc1. The Balaban J connectivity index is 2.05. The van der Waals surface area contributed by atoms with Gasteiger partial charge in [-0.2, -0.15) is 0 Å². The van der Waals surface area contributed by atoms with Crippen molar-refractivity contribution in [3.63, 3.8) is 0 Å². The summed E-state index contributed by atoms with van der Waals surface area (Å²) >= 11 is 0. The molecule has 0 fully saturated rings. The lowest BCUT2D eigenvalue weighted by molar-refractivity contribution is -0.128. The molecule has 0 aromatic heterocycles. The predicted octanol–water partition coefficient (Wildman–Crippen LogP) is 4.26. The van der Waals surface area contributed by atoms with Gasteiger partial charge in [-0.25, -0.2) is 4.79 Å². The summed E-state index contributed by atoms with van der Waals surface area (Å²) in [5.41, 5.74) is 3.44. The van der Waals surface area contributed by atoms with Crippen molar-refractivity contribution in [2.24, 2.45) is 0 Å². The zero-order valence-electron chi connectivity index (χ0n) is 11.4. The molecule has 0 unspecified atom stereocenters. The molecule has 0 amide bonds. The molecule has 0 N–H and O–H groups in total. The Bertz CT molecular complexity index is 619. The minimum Gasteiger partial charge on any atom is -0.423 e. The van der Waals surface area contributed by atoms with Crippen LogP contribution in [0.1, 0.15) is 16.7 Å². The third-order valence-corrected chi connectivity index (χ3v) is 2.81. The van der Waals surface area contributed by atoms with Crippen LogP contribution in [0.4, 0.5) is 0 Å². The molecular formula is C18H16O2. The van der Waals surface area contributed by atoms with Gasteiger partial charge in [0, 0.05) is 6.08 Å². The van der Waals surface area contributed by atoms with E-state index in [9.17, 15) is 4.79 Å². The number of ether oxygens (including phenoxy) is 1. The summed E-state index contributed by atoms with van der Waals surface area (Å²) in [6, 6.07) is 15.6. The lowest BCUT2D eigenvalue weighted by Gasteiger charge is -2.01. The van der Waals surface area contributed by atoms with Crippen LogP contribution in [0.25, 0.3) is 12.2 Å². The molecule has 0 aliphatic rings. The quantitative estimate of drug-likeness (QED) is 0.357. The molecule has 0 heterocycles. The molecule has 0 spiro atoms. The van der Waals surface area contributed by atoms with Gasteiger partial charge >= 0.3 is 5.97 Å². The first-order valence-electron chi connectivity index (χ1n) is 6.36. The average molecular weight is 264 g/mol. The molecule has 0 aliphatic heterocycles. The highest BCUT2D eigenvalue weighted by Crippen LogP contribution is 2.15. The summed E-state index contributed by atoms with van der Waals surface area (Å²) < 4.78 is 5.01. The highest BCUT2D eigenvalue weighted by molar-refractivity contribution is 5.83. The molecule has 0 saturated carbocycles. The highest BCUT2D eigenvalue weighted by atomic mass is 16.5. The standard InChI is InChI=1S/C18H16O2/c1-3-18(19)20-17-12-10-16(11-13-17)9-8-15-6-4-14(2)5-7-15/h3-13H,1H2,2H3. The summed E-state index contributed by atoms with van der Waals surface area (Å²) in [6.07, 6.45) is 5.21. The smallest absolute Gasteiger partial charge is 0.335 e. The average Bonchev–Trinajstić information content (AvgIpc) is 2.48. The van der Waals surface area contributed by atoms with Gasteiger partial charge in [-0.3, -0.25) is 0 Å². The van der Waals surface area contributed by atoms with Gasteiger partial charge in [-0.15, -0.1) is 0 Å². The van der Waals surface area contributed by atoms with Gasteiger partial charge in [0.2, 0.25) is 0 Å². The lowest BCUT2D eigenvalue weighted by Crippen LogP contribution is -2.02. The summed E-state index contributed by atoms with van der Waals surface area (Å²) in [6.45, 7) is 5.42. The Hall–Kier alpha value is -2.61. The van der Waals surface area contributed by atoms with Crippen molar-refractivity contribution in [2.75, 3.05) is 0 Å². The summed E-state index contributed by atoms with van der Waals surface area (Å²) in [4.78, 5) is 11.1. The second kappa shape index (κ2) is 6.53. The number of aryl methyl sites for hydroxylation is 1. The Morgan fingerprint density at radius 1 is 0.950 bits per heavy atom. The third kappa shape index (κ3) is 3.95. The van der Waals surface area contributed by atoms with Gasteiger partial charge in [-0.1, -0.05) is 60.7 Å². The predicted molar refractivity (Wildman–Crippen MR) is 82.4 cm³/mol. The van der Waals surface area contributed by atoms with Gasteiger partial charge < -0.3 is 4.74 Å². The van der Waals surface area contributed by atoms with Gasteiger partial charge in [0.1, 0.15) is 5.75 Å². The second-order valence-electron chi connectivity index (χ2n) is 4.44. The van der Waals surface area contributed by atoms with Crippen molar-refractivity contribution in [2.45, 2.75) is 6.92 Å². The van der Waals surface area contributed by atoms with E-state index >= 15 is 0 Å². The van der Waals surface area contributed by atoms with Crippen molar-refractivity contribution in [1.29, 1.82) is 0 Å². The Labute approximate surface area is 119 Å². The molecule has 0 bridgehead atoms. The Kier molecular flexibility index (Phi) is 4.51. The van der Waals surface area contributed by atoms with Crippen LogP contribution in [0.3, 0.4) is 0 Å². The number of hydrogen-bond acceptors (Lipinski definition) is 2. The van der Waals surface area contributed by atoms with Crippen LogP contribution in [0.15, 0.2) is 61.2 Å².